The van der Waals surface area contributed by atoms with Gasteiger partial charge in [0.05, 0.1) is 24.4 Å². The molecule has 0 atom stereocenters. The molecule has 2 rings (SSSR count). The lowest BCUT2D eigenvalue weighted by Gasteiger charge is -2.08. The number of nitrogen functional groups attached to an aromatic ring is 1. The van der Waals surface area contributed by atoms with Gasteiger partial charge in [-0.05, 0) is 26.0 Å². The van der Waals surface area contributed by atoms with Crippen LogP contribution in [0.15, 0.2) is 24.3 Å². The molecule has 21 heavy (non-hydrogen) atoms. The zero-order valence-corrected chi connectivity index (χ0v) is 12.9. The highest BCUT2D eigenvalue weighted by atomic mass is 32.1. The van der Waals surface area contributed by atoms with Crippen molar-refractivity contribution in [3.05, 3.63) is 39.8 Å². The molecule has 0 spiro atoms. The van der Waals surface area contributed by atoms with Crippen LogP contribution in [-0.4, -0.2) is 17.6 Å². The molecule has 112 valence electrons. The maximum atomic E-state index is 11.6. The Kier molecular flexibility index (Phi) is 5.16. The molecule has 1 heterocycles. The number of hydrogen-bond donors (Lipinski definition) is 1. The van der Waals surface area contributed by atoms with Crippen molar-refractivity contribution in [2.75, 3.05) is 12.3 Å². The van der Waals surface area contributed by atoms with Gasteiger partial charge in [0.2, 0.25) is 0 Å². The van der Waals surface area contributed by atoms with Crippen molar-refractivity contribution >= 4 is 23.0 Å². The number of hydrogen-bond acceptors (Lipinski definition) is 6. The summed E-state index contributed by atoms with van der Waals surface area (Å²) in [6.07, 6.45) is 0.178. The second-order valence-electron chi connectivity index (χ2n) is 4.55. The summed E-state index contributed by atoms with van der Waals surface area (Å²) in [5.74, 6) is 0.270. The largest absolute Gasteiger partial charge is 0.491 e. The average Bonchev–Trinajstić information content (AvgIpc) is 2.78. The molecule has 0 saturated heterocycles. The fraction of sp³-hybridized carbons (Fsp3) is 0.333. The Bertz CT molecular complexity index is 606. The van der Waals surface area contributed by atoms with Crippen LogP contribution >= 0.6 is 11.3 Å². The molecule has 0 aliphatic heterocycles. The van der Waals surface area contributed by atoms with Gasteiger partial charge in [0.25, 0.3) is 0 Å². The molecule has 5 nitrogen and oxygen atoms in total. The fourth-order valence-corrected chi connectivity index (χ4v) is 2.52. The van der Waals surface area contributed by atoms with Crippen molar-refractivity contribution in [3.63, 3.8) is 0 Å². The number of anilines is 1. The van der Waals surface area contributed by atoms with E-state index >= 15 is 0 Å². The van der Waals surface area contributed by atoms with Crippen LogP contribution in [0.2, 0.25) is 0 Å². The van der Waals surface area contributed by atoms with Gasteiger partial charge in [-0.3, -0.25) is 4.79 Å². The Balaban J connectivity index is 1.71. The molecule has 0 amide bonds. The summed E-state index contributed by atoms with van der Waals surface area (Å²) < 4.78 is 10.6. The molecule has 0 saturated carbocycles. The van der Waals surface area contributed by atoms with E-state index in [2.05, 4.69) is 4.98 Å². The number of carbonyl (C=O) groups is 1. The molecule has 0 unspecified atom stereocenters. The molecule has 0 aliphatic rings. The van der Waals surface area contributed by atoms with E-state index in [1.54, 1.807) is 23.5 Å². The second-order valence-corrected chi connectivity index (χ2v) is 5.83. The normalized spacial score (nSPS) is 10.4. The number of nitrogens with zero attached hydrogens (tertiary/aromatic N) is 1. The van der Waals surface area contributed by atoms with Crippen LogP contribution in [0.3, 0.4) is 0 Å². The molecule has 1 aromatic carbocycles. The van der Waals surface area contributed by atoms with Gasteiger partial charge >= 0.3 is 5.97 Å². The highest BCUT2D eigenvalue weighted by Gasteiger charge is 2.08. The predicted octanol–water partition coefficient (Wildman–Crippen LogP) is 2.85. The summed E-state index contributed by atoms with van der Waals surface area (Å²) in [5, 5.41) is 0.812. The number of aryl methyl sites for hydroxylation is 2. The van der Waals surface area contributed by atoms with Crippen molar-refractivity contribution in [2.45, 2.75) is 26.9 Å². The van der Waals surface area contributed by atoms with Crippen molar-refractivity contribution < 1.29 is 14.3 Å². The van der Waals surface area contributed by atoms with E-state index in [0.717, 1.165) is 15.6 Å². The zero-order chi connectivity index (χ0) is 15.2. The first-order valence-electron chi connectivity index (χ1n) is 6.62. The summed E-state index contributed by atoms with van der Waals surface area (Å²) >= 11 is 1.54. The summed E-state index contributed by atoms with van der Waals surface area (Å²) in [4.78, 5) is 17.1. The quantitative estimate of drug-likeness (QED) is 0.656. The van der Waals surface area contributed by atoms with Gasteiger partial charge < -0.3 is 15.2 Å². The van der Waals surface area contributed by atoms with Crippen LogP contribution in [0, 0.1) is 13.8 Å². The lowest BCUT2D eigenvalue weighted by molar-refractivity contribution is -0.145. The SMILES string of the molecule is Cc1nc(COC(=O)CCOc2ccccc2N)sc1C. The first-order chi connectivity index (χ1) is 10.1. The summed E-state index contributed by atoms with van der Waals surface area (Å²) in [7, 11) is 0. The van der Waals surface area contributed by atoms with Crippen LogP contribution in [0.4, 0.5) is 5.69 Å². The average molecular weight is 306 g/mol. The minimum absolute atomic E-state index is 0.178. The number of esters is 1. The third-order valence-corrected chi connectivity index (χ3v) is 3.96. The zero-order valence-electron chi connectivity index (χ0n) is 12.1. The number of para-hydroxylation sites is 2. The van der Waals surface area contributed by atoms with Crippen molar-refractivity contribution in [1.29, 1.82) is 0 Å². The number of aromatic nitrogens is 1. The van der Waals surface area contributed by atoms with Gasteiger partial charge in [-0.15, -0.1) is 11.3 Å². The Morgan fingerprint density at radius 3 is 2.76 bits per heavy atom. The molecule has 0 radical (unpaired) electrons. The lowest BCUT2D eigenvalue weighted by Crippen LogP contribution is -2.10. The Hall–Kier alpha value is -2.08. The van der Waals surface area contributed by atoms with E-state index in [1.165, 1.54) is 0 Å². The summed E-state index contributed by atoms with van der Waals surface area (Å²) in [6, 6.07) is 7.17. The number of thiazole rings is 1. The van der Waals surface area contributed by atoms with Gasteiger partial charge in [0.15, 0.2) is 0 Å². The Labute approximate surface area is 127 Å². The summed E-state index contributed by atoms with van der Waals surface area (Å²) in [6.45, 7) is 4.39. The lowest BCUT2D eigenvalue weighted by atomic mass is 10.3. The molecular weight excluding hydrogens is 288 g/mol. The van der Waals surface area contributed by atoms with E-state index in [9.17, 15) is 4.79 Å². The molecule has 0 aliphatic carbocycles. The Morgan fingerprint density at radius 1 is 1.33 bits per heavy atom. The van der Waals surface area contributed by atoms with Crippen LogP contribution in [0.5, 0.6) is 5.75 Å². The summed E-state index contributed by atoms with van der Waals surface area (Å²) in [5.41, 5.74) is 7.28. The van der Waals surface area contributed by atoms with Crippen molar-refractivity contribution in [2.24, 2.45) is 0 Å². The van der Waals surface area contributed by atoms with E-state index in [1.807, 2.05) is 26.0 Å². The monoisotopic (exact) mass is 306 g/mol. The number of rotatable bonds is 6. The van der Waals surface area contributed by atoms with Crippen LogP contribution in [-0.2, 0) is 16.1 Å². The van der Waals surface area contributed by atoms with Crippen molar-refractivity contribution in [1.82, 2.24) is 4.98 Å². The van der Waals surface area contributed by atoms with Gasteiger partial charge in [-0.25, -0.2) is 4.98 Å². The van der Waals surface area contributed by atoms with Crippen LogP contribution in [0.1, 0.15) is 22.0 Å². The topological polar surface area (TPSA) is 74.4 Å². The van der Waals surface area contributed by atoms with Crippen molar-refractivity contribution in [3.8, 4) is 5.75 Å². The predicted molar refractivity (Wildman–Crippen MR) is 82.4 cm³/mol. The number of nitrogens with two attached hydrogens (primary N) is 1. The molecule has 2 N–H and O–H groups in total. The maximum Gasteiger partial charge on any atom is 0.309 e. The maximum absolute atomic E-state index is 11.6. The minimum Gasteiger partial charge on any atom is -0.491 e. The van der Waals surface area contributed by atoms with E-state index < -0.39 is 0 Å². The Morgan fingerprint density at radius 2 is 2.10 bits per heavy atom. The fourth-order valence-electron chi connectivity index (χ4n) is 1.67. The highest BCUT2D eigenvalue weighted by Crippen LogP contribution is 2.20. The smallest absolute Gasteiger partial charge is 0.309 e. The highest BCUT2D eigenvalue weighted by molar-refractivity contribution is 7.11. The molecule has 0 fully saturated rings. The third kappa shape index (κ3) is 4.46. The molecule has 0 bridgehead atoms. The third-order valence-electron chi connectivity index (χ3n) is 2.91. The van der Waals surface area contributed by atoms with Gasteiger partial charge in [0, 0.05) is 4.88 Å². The number of benzene rings is 1. The van der Waals surface area contributed by atoms with Gasteiger partial charge in [0.1, 0.15) is 17.4 Å². The van der Waals surface area contributed by atoms with Gasteiger partial charge in [-0.2, -0.15) is 0 Å². The van der Waals surface area contributed by atoms with E-state index in [0.29, 0.717) is 11.4 Å². The van der Waals surface area contributed by atoms with E-state index in [-0.39, 0.29) is 25.6 Å². The van der Waals surface area contributed by atoms with E-state index in [4.69, 9.17) is 15.2 Å². The molecule has 2 aromatic rings. The minimum atomic E-state index is -0.310. The number of ether oxygens (including phenoxy) is 2. The van der Waals surface area contributed by atoms with Crippen LogP contribution < -0.4 is 10.5 Å². The van der Waals surface area contributed by atoms with Crippen LogP contribution in [0.25, 0.3) is 0 Å². The number of carbonyl (C=O) groups excluding carboxylic acids is 1. The first kappa shape index (κ1) is 15.3. The van der Waals surface area contributed by atoms with Gasteiger partial charge in [-0.1, -0.05) is 12.1 Å². The first-order valence-corrected chi connectivity index (χ1v) is 7.43. The molecule has 1 aromatic heterocycles. The molecular formula is C15H18N2O3S. The standard InChI is InChI=1S/C15H18N2O3S/c1-10-11(2)21-14(17-10)9-20-15(18)7-8-19-13-6-4-3-5-12(13)16/h3-6H,7-9,16H2,1-2H3. The second kappa shape index (κ2) is 7.08. The molecule has 6 heteroatoms.